The van der Waals surface area contributed by atoms with E-state index in [0.717, 1.165) is 37.3 Å². The van der Waals surface area contributed by atoms with Crippen LogP contribution in [-0.2, 0) is 12.8 Å². The van der Waals surface area contributed by atoms with Crippen molar-refractivity contribution in [3.8, 4) is 0 Å². The van der Waals surface area contributed by atoms with Crippen LogP contribution in [0.15, 0.2) is 59.4 Å². The third-order valence-corrected chi connectivity index (χ3v) is 12.1. The fourth-order valence-electron chi connectivity index (χ4n) is 9.92. The van der Waals surface area contributed by atoms with E-state index in [1.54, 1.807) is 5.56 Å². The van der Waals surface area contributed by atoms with Gasteiger partial charge in [0.1, 0.15) is 0 Å². The van der Waals surface area contributed by atoms with Gasteiger partial charge in [0.15, 0.2) is 0 Å². The Morgan fingerprint density at radius 3 is 2.30 bits per heavy atom. The fourth-order valence-corrected chi connectivity index (χ4v) is 9.92. The van der Waals surface area contributed by atoms with E-state index in [-0.39, 0.29) is 16.2 Å². The summed E-state index contributed by atoms with van der Waals surface area (Å²) in [5.41, 5.74) is 16.6. The molecule has 0 saturated heterocycles. The van der Waals surface area contributed by atoms with Crippen molar-refractivity contribution < 1.29 is 0 Å². The molecule has 0 fully saturated rings. The summed E-state index contributed by atoms with van der Waals surface area (Å²) in [4.78, 5) is 0. The molecular formula is C39H57N. The van der Waals surface area contributed by atoms with Gasteiger partial charge < -0.3 is 5.32 Å². The van der Waals surface area contributed by atoms with Crippen molar-refractivity contribution in [3.05, 3.63) is 87.2 Å². The maximum atomic E-state index is 4.91. The Kier molecular flexibility index (Phi) is 8.07. The minimum atomic E-state index is -0.159. The minimum Gasteiger partial charge on any atom is -0.388 e. The number of benzene rings is 1. The molecular weight excluding hydrogens is 482 g/mol. The zero-order valence-electron chi connectivity index (χ0n) is 27.8. The SMILES string of the molecule is C=C(NC)C1=C(C)[C@@H](CC)[C@]2(C)C[C@]3(C)Cc4c(C)cc(CCC(C)CCC)c(C)c4C(=C)C3=C(C)[C@]2(C)C1=C. The second kappa shape index (κ2) is 10.5. The number of likely N-dealkylation sites (N-methyl/N-ethyl adjacent to an activating group) is 1. The number of hydrogen-bond acceptors (Lipinski definition) is 1. The van der Waals surface area contributed by atoms with Crippen LogP contribution in [0.3, 0.4) is 0 Å². The first kappa shape index (κ1) is 30.7. The fraction of sp³-hybridized carbons (Fsp3) is 0.590. The molecule has 1 nitrogen and oxygen atoms in total. The van der Waals surface area contributed by atoms with Crippen molar-refractivity contribution >= 4 is 5.57 Å². The summed E-state index contributed by atoms with van der Waals surface area (Å²) in [6, 6.07) is 2.51. The zero-order valence-corrected chi connectivity index (χ0v) is 27.8. The van der Waals surface area contributed by atoms with E-state index in [2.05, 4.69) is 87.2 Å². The van der Waals surface area contributed by atoms with Crippen LogP contribution in [-0.4, -0.2) is 7.05 Å². The molecule has 1 aromatic carbocycles. The maximum absolute atomic E-state index is 4.91. The molecule has 1 aromatic rings. The van der Waals surface area contributed by atoms with Crippen LogP contribution in [0.25, 0.3) is 5.57 Å². The standard InChI is InChI=1S/C39H57N/c1-15-17-23(3)18-19-31-20-24(4)32-21-37(11)22-38(12)33(16-2)26(6)35(30(10)40-14)28(8)39(38,13)29(9)36(37)27(7)34(32)25(31)5/h20,23,33,40H,7-8,10,15-19,21-22H2,1-6,9,11-14H3/t23?,33-,37+,38+,39+/m1/s1. The lowest BCUT2D eigenvalue weighted by Crippen LogP contribution is -2.56. The topological polar surface area (TPSA) is 12.0 Å². The van der Waals surface area contributed by atoms with Gasteiger partial charge in [-0.05, 0) is 133 Å². The van der Waals surface area contributed by atoms with E-state index in [9.17, 15) is 0 Å². The minimum absolute atomic E-state index is 0.0578. The molecule has 3 aliphatic carbocycles. The van der Waals surface area contributed by atoms with Crippen LogP contribution in [0.1, 0.15) is 115 Å². The Bertz CT molecular complexity index is 1330. The first-order valence-electron chi connectivity index (χ1n) is 15.9. The van der Waals surface area contributed by atoms with Crippen molar-refractivity contribution in [1.29, 1.82) is 0 Å². The zero-order chi connectivity index (χ0) is 29.9. The summed E-state index contributed by atoms with van der Waals surface area (Å²) in [5.74, 6) is 1.25. The monoisotopic (exact) mass is 539 g/mol. The van der Waals surface area contributed by atoms with E-state index < -0.39 is 0 Å². The van der Waals surface area contributed by atoms with Gasteiger partial charge in [0.25, 0.3) is 0 Å². The van der Waals surface area contributed by atoms with E-state index in [1.807, 2.05) is 7.05 Å². The summed E-state index contributed by atoms with van der Waals surface area (Å²) in [6.45, 7) is 38.3. The highest BCUT2D eigenvalue weighted by molar-refractivity contribution is 5.87. The van der Waals surface area contributed by atoms with E-state index in [0.29, 0.717) is 5.92 Å². The van der Waals surface area contributed by atoms with Gasteiger partial charge >= 0.3 is 0 Å². The number of nitrogens with one attached hydrogen (secondary N) is 1. The molecule has 1 unspecified atom stereocenters. The highest BCUT2D eigenvalue weighted by Crippen LogP contribution is 2.72. The molecule has 1 heteroatoms. The smallest absolute Gasteiger partial charge is 0.0340 e. The van der Waals surface area contributed by atoms with Crippen LogP contribution in [0.2, 0.25) is 0 Å². The quantitative estimate of drug-likeness (QED) is 0.346. The second-order valence-corrected chi connectivity index (χ2v) is 14.4. The lowest BCUT2D eigenvalue weighted by Gasteiger charge is -2.65. The average Bonchev–Trinajstić information content (AvgIpc) is 2.87. The van der Waals surface area contributed by atoms with Gasteiger partial charge in [-0.3, -0.25) is 0 Å². The van der Waals surface area contributed by atoms with Crippen LogP contribution >= 0.6 is 0 Å². The van der Waals surface area contributed by atoms with Crippen molar-refractivity contribution in [2.75, 3.05) is 7.05 Å². The molecule has 0 radical (unpaired) electrons. The van der Waals surface area contributed by atoms with Gasteiger partial charge in [0, 0.05) is 18.2 Å². The van der Waals surface area contributed by atoms with Crippen LogP contribution in [0.4, 0.5) is 0 Å². The van der Waals surface area contributed by atoms with Gasteiger partial charge in [-0.1, -0.05) is 91.3 Å². The first-order chi connectivity index (χ1) is 18.6. The average molecular weight is 540 g/mol. The molecule has 0 aromatic heterocycles. The van der Waals surface area contributed by atoms with Gasteiger partial charge in [-0.2, -0.15) is 0 Å². The van der Waals surface area contributed by atoms with Gasteiger partial charge in [-0.25, -0.2) is 0 Å². The molecule has 5 atom stereocenters. The molecule has 0 spiro atoms. The normalized spacial score (nSPS) is 30.6. The molecule has 0 bridgehead atoms. The third kappa shape index (κ3) is 4.16. The Hall–Kier alpha value is -2.28. The second-order valence-electron chi connectivity index (χ2n) is 14.4. The summed E-state index contributed by atoms with van der Waals surface area (Å²) in [5, 5.41) is 3.37. The molecule has 4 rings (SSSR count). The van der Waals surface area contributed by atoms with E-state index in [1.165, 1.54) is 75.0 Å². The van der Waals surface area contributed by atoms with Crippen LogP contribution in [0.5, 0.6) is 0 Å². The largest absolute Gasteiger partial charge is 0.388 e. The molecule has 3 aliphatic rings. The third-order valence-electron chi connectivity index (χ3n) is 12.1. The van der Waals surface area contributed by atoms with Crippen molar-refractivity contribution in [1.82, 2.24) is 5.32 Å². The molecule has 0 heterocycles. The first-order valence-corrected chi connectivity index (χ1v) is 15.9. The maximum Gasteiger partial charge on any atom is 0.0340 e. The number of allylic oxidation sites excluding steroid dienone is 5. The molecule has 1 N–H and O–H groups in total. The van der Waals surface area contributed by atoms with Crippen molar-refractivity contribution in [2.24, 2.45) is 28.1 Å². The van der Waals surface area contributed by atoms with Gasteiger partial charge in [0.05, 0.1) is 0 Å². The number of fused-ring (bicyclic) bond motifs is 3. The summed E-state index contributed by atoms with van der Waals surface area (Å²) in [7, 11) is 1.99. The van der Waals surface area contributed by atoms with Crippen LogP contribution < -0.4 is 5.32 Å². The van der Waals surface area contributed by atoms with Crippen molar-refractivity contribution in [3.63, 3.8) is 0 Å². The molecule has 0 aliphatic heterocycles. The van der Waals surface area contributed by atoms with E-state index in [4.69, 9.17) is 13.2 Å². The molecule has 40 heavy (non-hydrogen) atoms. The Labute approximate surface area is 247 Å². The summed E-state index contributed by atoms with van der Waals surface area (Å²) < 4.78 is 0. The number of aryl methyl sites for hydroxylation is 2. The highest BCUT2D eigenvalue weighted by atomic mass is 14.8. The predicted octanol–water partition coefficient (Wildman–Crippen LogP) is 10.6. The summed E-state index contributed by atoms with van der Waals surface area (Å²) in [6.07, 6.45) is 8.37. The number of rotatable bonds is 8. The van der Waals surface area contributed by atoms with Crippen molar-refractivity contribution in [2.45, 2.75) is 114 Å². The Morgan fingerprint density at radius 2 is 1.73 bits per heavy atom. The Morgan fingerprint density at radius 1 is 1.07 bits per heavy atom. The van der Waals surface area contributed by atoms with Gasteiger partial charge in [0.2, 0.25) is 0 Å². The van der Waals surface area contributed by atoms with Gasteiger partial charge in [-0.15, -0.1) is 0 Å². The highest BCUT2D eigenvalue weighted by Gasteiger charge is 2.62. The Balaban J connectivity index is 1.93. The summed E-state index contributed by atoms with van der Waals surface area (Å²) >= 11 is 0. The molecule has 0 amide bonds. The predicted molar refractivity (Wildman–Crippen MR) is 177 cm³/mol. The molecule has 0 saturated carbocycles. The lowest BCUT2D eigenvalue weighted by atomic mass is 9.39. The molecule has 218 valence electrons. The van der Waals surface area contributed by atoms with Crippen LogP contribution in [0, 0.1) is 41.9 Å². The van der Waals surface area contributed by atoms with E-state index >= 15 is 0 Å². The lowest BCUT2D eigenvalue weighted by molar-refractivity contribution is 0.00565. The number of hydrogen-bond donors (Lipinski definition) is 1.